The Morgan fingerprint density at radius 2 is 2.54 bits per heavy atom. The van der Waals surface area contributed by atoms with E-state index >= 15 is 0 Å². The number of rotatable bonds is 2. The molecule has 2 heterocycles. The Balaban J connectivity index is 2.24. The van der Waals surface area contributed by atoms with Crippen LogP contribution in [-0.2, 0) is 0 Å². The largest absolute Gasteiger partial charge is 0.363 e. The zero-order valence-corrected chi connectivity index (χ0v) is 6.51. The van der Waals surface area contributed by atoms with Crippen LogP contribution in [0, 0.1) is 0 Å². The molecule has 7 nitrogen and oxygen atoms in total. The lowest BCUT2D eigenvalue weighted by Crippen LogP contribution is -2.12. The van der Waals surface area contributed by atoms with Crippen LogP contribution in [-0.4, -0.2) is 31.1 Å². The highest BCUT2D eigenvalue weighted by Crippen LogP contribution is 1.82. The van der Waals surface area contributed by atoms with E-state index in [2.05, 4.69) is 25.3 Å². The van der Waals surface area contributed by atoms with Crippen LogP contribution in [0.15, 0.2) is 28.6 Å². The normalized spacial score (nSPS) is 11.1. The summed E-state index contributed by atoms with van der Waals surface area (Å²) in [5.41, 5.74) is -0.386. The average Bonchev–Trinajstić information content (AvgIpc) is 2.72. The Morgan fingerprint density at radius 3 is 3.15 bits per heavy atom. The molecule has 0 radical (unpaired) electrons. The molecule has 66 valence electrons. The highest BCUT2D eigenvalue weighted by atomic mass is 16.2. The predicted molar refractivity (Wildman–Crippen MR) is 44.4 cm³/mol. The molecule has 0 aliphatic rings. The number of nitrogens with zero attached hydrogens (tertiary/aromatic N) is 4. The van der Waals surface area contributed by atoms with Crippen molar-refractivity contribution in [3.05, 3.63) is 35.0 Å². The van der Waals surface area contributed by atoms with E-state index < -0.39 is 0 Å². The van der Waals surface area contributed by atoms with E-state index in [1.165, 1.54) is 12.5 Å². The molecule has 2 N–H and O–H groups in total. The highest BCUT2D eigenvalue weighted by Gasteiger charge is 1.92. The molecule has 0 saturated heterocycles. The number of H-pyrrole nitrogens is 2. The van der Waals surface area contributed by atoms with Crippen molar-refractivity contribution in [2.45, 2.75) is 0 Å². The van der Waals surface area contributed by atoms with Crippen molar-refractivity contribution in [1.29, 1.82) is 0 Å². The summed E-state index contributed by atoms with van der Waals surface area (Å²) >= 11 is 0. The molecule has 0 saturated carbocycles. The Bertz CT molecular complexity index is 449. The first-order chi connectivity index (χ1) is 6.36. The maximum atomic E-state index is 10.9. The molecule has 0 aromatic carbocycles. The van der Waals surface area contributed by atoms with Crippen LogP contribution in [0.4, 0.5) is 0 Å². The van der Waals surface area contributed by atoms with Gasteiger partial charge in [-0.1, -0.05) is 0 Å². The smallest absolute Gasteiger partial charge is 0.344 e. The topological polar surface area (TPSA) is 91.7 Å². The van der Waals surface area contributed by atoms with Gasteiger partial charge in [0.25, 0.3) is 0 Å². The van der Waals surface area contributed by atoms with Gasteiger partial charge < -0.3 is 4.98 Å². The zero-order valence-electron chi connectivity index (χ0n) is 6.51. The van der Waals surface area contributed by atoms with E-state index in [1.54, 1.807) is 12.4 Å². The predicted octanol–water partition coefficient (Wildman–Crippen LogP) is -0.823. The molecule has 0 fully saturated rings. The van der Waals surface area contributed by atoms with E-state index in [0.717, 1.165) is 4.68 Å². The van der Waals surface area contributed by atoms with Crippen LogP contribution in [0.2, 0.25) is 0 Å². The van der Waals surface area contributed by atoms with E-state index in [-0.39, 0.29) is 5.69 Å². The first-order valence-electron chi connectivity index (χ1n) is 3.52. The summed E-state index contributed by atoms with van der Waals surface area (Å²) in [6.45, 7) is 0. The Labute approximate surface area is 72.1 Å². The average molecular weight is 178 g/mol. The number of aromatic amines is 2. The van der Waals surface area contributed by atoms with Crippen molar-refractivity contribution in [3.63, 3.8) is 0 Å². The Morgan fingerprint density at radius 1 is 1.62 bits per heavy atom. The van der Waals surface area contributed by atoms with Gasteiger partial charge in [-0.25, -0.2) is 14.9 Å². The third-order valence-electron chi connectivity index (χ3n) is 1.36. The molecule has 0 atom stereocenters. The van der Waals surface area contributed by atoms with Crippen LogP contribution in [0.25, 0.3) is 0 Å². The summed E-state index contributed by atoms with van der Waals surface area (Å²) in [7, 11) is 0. The molecular weight excluding hydrogens is 172 g/mol. The van der Waals surface area contributed by atoms with Crippen molar-refractivity contribution in [3.8, 4) is 0 Å². The fraction of sp³-hybridized carbons (Fsp3) is 0. The molecule has 13 heavy (non-hydrogen) atoms. The number of hydrogen-bond acceptors (Lipinski definition) is 4. The molecule has 2 aromatic heterocycles. The second kappa shape index (κ2) is 3.05. The van der Waals surface area contributed by atoms with Gasteiger partial charge in [-0.3, -0.25) is 0 Å². The monoisotopic (exact) mass is 178 g/mol. The fourth-order valence-corrected chi connectivity index (χ4v) is 0.790. The quantitative estimate of drug-likeness (QED) is 0.588. The van der Waals surface area contributed by atoms with Gasteiger partial charge in [0.2, 0.25) is 0 Å². The Kier molecular flexibility index (Phi) is 1.75. The number of nitrogens with one attached hydrogen (secondary N) is 2. The van der Waals surface area contributed by atoms with Crippen LogP contribution >= 0.6 is 0 Å². The van der Waals surface area contributed by atoms with E-state index in [0.29, 0.717) is 5.82 Å². The van der Waals surface area contributed by atoms with E-state index in [4.69, 9.17) is 0 Å². The minimum absolute atomic E-state index is 0.386. The summed E-state index contributed by atoms with van der Waals surface area (Å²) < 4.78 is 1.07. The number of aromatic nitrogens is 5. The molecule has 2 rings (SSSR count). The van der Waals surface area contributed by atoms with Gasteiger partial charge in [0.15, 0.2) is 0 Å². The maximum Gasteiger partial charge on any atom is 0.363 e. The first-order valence-corrected chi connectivity index (χ1v) is 3.52. The maximum absolute atomic E-state index is 10.9. The summed E-state index contributed by atoms with van der Waals surface area (Å²) in [5, 5.41) is 9.51. The third-order valence-corrected chi connectivity index (χ3v) is 1.36. The molecule has 0 spiro atoms. The second-order valence-electron chi connectivity index (χ2n) is 2.23. The number of imidazole rings is 1. The van der Waals surface area contributed by atoms with Gasteiger partial charge in [0, 0.05) is 12.4 Å². The van der Waals surface area contributed by atoms with E-state index in [9.17, 15) is 4.79 Å². The van der Waals surface area contributed by atoms with Gasteiger partial charge in [-0.2, -0.15) is 14.9 Å². The van der Waals surface area contributed by atoms with Gasteiger partial charge >= 0.3 is 5.69 Å². The number of hydrogen-bond donors (Lipinski definition) is 2. The van der Waals surface area contributed by atoms with Crippen molar-refractivity contribution in [1.82, 2.24) is 24.8 Å². The fourth-order valence-electron chi connectivity index (χ4n) is 0.790. The summed E-state index contributed by atoms with van der Waals surface area (Å²) in [6, 6.07) is 0. The van der Waals surface area contributed by atoms with Gasteiger partial charge in [-0.05, 0) is 0 Å². The van der Waals surface area contributed by atoms with Crippen LogP contribution in [0.3, 0.4) is 0 Å². The zero-order chi connectivity index (χ0) is 9.10. The molecular formula is C6H6N6O. The standard InChI is InChI=1S/C6H6N6O/c13-6-11-9-4-12(6)10-3-5-7-1-2-8-5/h1-4H,(H,7,8)(H,11,13)/b10-3+. The first kappa shape index (κ1) is 7.47. The van der Waals surface area contributed by atoms with Crippen LogP contribution in [0.5, 0.6) is 0 Å². The molecule has 2 aromatic rings. The molecule has 0 unspecified atom stereocenters. The highest BCUT2D eigenvalue weighted by molar-refractivity contribution is 5.73. The van der Waals surface area contributed by atoms with Crippen molar-refractivity contribution >= 4 is 6.21 Å². The summed E-state index contributed by atoms with van der Waals surface area (Å²) in [5.74, 6) is 0.577. The molecule has 0 aliphatic carbocycles. The van der Waals surface area contributed by atoms with Crippen LogP contribution in [0.1, 0.15) is 5.82 Å². The molecule has 0 aliphatic heterocycles. The minimum atomic E-state index is -0.386. The van der Waals surface area contributed by atoms with Crippen LogP contribution < -0.4 is 5.69 Å². The van der Waals surface area contributed by atoms with Gasteiger partial charge in [-0.15, -0.1) is 0 Å². The van der Waals surface area contributed by atoms with Crippen molar-refractivity contribution < 1.29 is 0 Å². The van der Waals surface area contributed by atoms with E-state index in [1.807, 2.05) is 0 Å². The lowest BCUT2D eigenvalue weighted by molar-refractivity contribution is 0.833. The Hall–Kier alpha value is -2.18. The molecule has 0 bridgehead atoms. The second-order valence-corrected chi connectivity index (χ2v) is 2.23. The minimum Gasteiger partial charge on any atom is -0.344 e. The summed E-state index contributed by atoms with van der Waals surface area (Å²) in [4.78, 5) is 17.6. The molecule has 7 heteroatoms. The van der Waals surface area contributed by atoms with Gasteiger partial charge in [0.05, 0.1) is 6.21 Å². The lowest BCUT2D eigenvalue weighted by atomic mass is 10.7. The van der Waals surface area contributed by atoms with Crippen molar-refractivity contribution in [2.24, 2.45) is 5.10 Å². The summed E-state index contributed by atoms with van der Waals surface area (Å²) in [6.07, 6.45) is 5.97. The van der Waals surface area contributed by atoms with Crippen molar-refractivity contribution in [2.75, 3.05) is 0 Å². The SMILES string of the molecule is O=c1[nH]ncn1/N=C/c1ncc[nH]1. The molecule has 0 amide bonds. The lowest BCUT2D eigenvalue weighted by Gasteiger charge is -1.85. The van der Waals surface area contributed by atoms with Gasteiger partial charge in [0.1, 0.15) is 12.2 Å². The third kappa shape index (κ3) is 1.53.